The lowest BCUT2D eigenvalue weighted by Crippen LogP contribution is -2.31. The molecule has 146 valence electrons. The number of hydrogen-bond acceptors (Lipinski definition) is 6. The van der Waals surface area contributed by atoms with Gasteiger partial charge in [-0.3, -0.25) is 4.55 Å². The molecule has 1 aromatic carbocycles. The minimum Gasteiger partial charge on any atom is -0.744 e. The molecule has 0 aliphatic carbocycles. The molecule has 1 aliphatic rings. The Morgan fingerprint density at radius 3 is 2.46 bits per heavy atom. The number of hydrogen-bond donors (Lipinski definition) is 1. The average molecular weight is 405 g/mol. The van der Waals surface area contributed by atoms with Crippen LogP contribution in [0.3, 0.4) is 0 Å². The van der Waals surface area contributed by atoms with E-state index in [-0.39, 0.29) is 17.1 Å². The Hall–Kier alpha value is -1.33. The van der Waals surface area contributed by atoms with Crippen LogP contribution in [0.25, 0.3) is 0 Å². The van der Waals surface area contributed by atoms with E-state index in [1.807, 2.05) is 18.4 Å². The first kappa shape index (κ1) is 21.0. The largest absolute Gasteiger partial charge is 0.744 e. The Balaban J connectivity index is 2.51. The lowest BCUT2D eigenvalue weighted by molar-refractivity contribution is -0.443. The molecule has 8 nitrogen and oxygen atoms in total. The fourth-order valence-electron chi connectivity index (χ4n) is 3.42. The van der Waals surface area contributed by atoms with Crippen molar-refractivity contribution in [2.75, 3.05) is 26.0 Å². The van der Waals surface area contributed by atoms with E-state index in [9.17, 15) is 21.4 Å². The van der Waals surface area contributed by atoms with Gasteiger partial charge in [0.1, 0.15) is 16.7 Å². The fourth-order valence-corrected chi connectivity index (χ4v) is 4.42. The van der Waals surface area contributed by atoms with Gasteiger partial charge in [-0.05, 0) is 31.9 Å². The molecule has 0 saturated heterocycles. The summed E-state index contributed by atoms with van der Waals surface area (Å²) in [5.41, 5.74) is 1.66. The van der Waals surface area contributed by atoms with Crippen molar-refractivity contribution in [1.29, 1.82) is 0 Å². The van der Waals surface area contributed by atoms with Crippen molar-refractivity contribution >= 4 is 31.6 Å². The van der Waals surface area contributed by atoms with Gasteiger partial charge in [0.2, 0.25) is 5.69 Å². The molecule has 0 amide bonds. The number of fused-ring (bicyclic) bond motifs is 1. The van der Waals surface area contributed by atoms with Gasteiger partial charge >= 0.3 is 0 Å². The third-order valence-corrected chi connectivity index (χ3v) is 6.58. The topological polar surface area (TPSA) is 124 Å². The lowest BCUT2D eigenvalue weighted by atomic mass is 9.76. The molecule has 1 aliphatic heterocycles. The molecule has 1 unspecified atom stereocenters. The van der Waals surface area contributed by atoms with Crippen molar-refractivity contribution in [2.24, 2.45) is 0 Å². The van der Waals surface area contributed by atoms with Crippen molar-refractivity contribution in [3.63, 3.8) is 0 Å². The van der Waals surface area contributed by atoms with Crippen LogP contribution < -0.4 is 0 Å². The van der Waals surface area contributed by atoms with Gasteiger partial charge in [-0.1, -0.05) is 0 Å². The summed E-state index contributed by atoms with van der Waals surface area (Å²) in [5, 5.41) is 0. The van der Waals surface area contributed by atoms with Crippen LogP contribution in [0.2, 0.25) is 0 Å². The highest BCUT2D eigenvalue weighted by Gasteiger charge is 2.46. The second kappa shape index (κ2) is 7.35. The Morgan fingerprint density at radius 2 is 1.92 bits per heavy atom. The maximum Gasteiger partial charge on any atom is 0.264 e. The molecule has 1 atom stereocenters. The number of benzene rings is 1. The molecule has 0 radical (unpaired) electrons. The van der Waals surface area contributed by atoms with Crippen LogP contribution in [0.15, 0.2) is 23.1 Å². The minimum atomic E-state index is -4.61. The van der Waals surface area contributed by atoms with Gasteiger partial charge in [0.05, 0.1) is 16.1 Å². The second-order valence-corrected chi connectivity index (χ2v) is 9.54. The molecule has 0 saturated carbocycles. The standard InChI is InChI=1S/C16H23NO7S2/c1-12-16(2,7-4-10-25(18,19)20)14-11-13(26(21,22)23)5-6-15(14)17(12)8-9-24-3/h5-6,11H,4,7-10H2,1-3H3,(H-,18,19,20,21,22,23). The molecule has 0 fully saturated rings. The molecule has 0 spiro atoms. The highest BCUT2D eigenvalue weighted by Crippen LogP contribution is 2.43. The van der Waals surface area contributed by atoms with Crippen molar-refractivity contribution in [2.45, 2.75) is 37.0 Å². The summed E-state index contributed by atoms with van der Waals surface area (Å²) in [7, 11) is -7.12. The Morgan fingerprint density at radius 1 is 1.27 bits per heavy atom. The predicted octanol–water partition coefficient (Wildman–Crippen LogP) is 1.28. The zero-order chi connectivity index (χ0) is 19.8. The van der Waals surface area contributed by atoms with Gasteiger partial charge in [0, 0.05) is 25.7 Å². The van der Waals surface area contributed by atoms with Gasteiger partial charge in [-0.15, -0.1) is 0 Å². The van der Waals surface area contributed by atoms with E-state index in [1.54, 1.807) is 13.2 Å². The normalized spacial score (nSPS) is 20.5. The van der Waals surface area contributed by atoms with E-state index in [0.29, 0.717) is 25.1 Å². The molecule has 10 heteroatoms. The molecule has 1 N–H and O–H groups in total. The van der Waals surface area contributed by atoms with E-state index < -0.39 is 25.7 Å². The quantitative estimate of drug-likeness (QED) is 0.510. The first-order valence-corrected chi connectivity index (χ1v) is 11.1. The van der Waals surface area contributed by atoms with Crippen LogP contribution in [-0.4, -0.2) is 62.2 Å². The van der Waals surface area contributed by atoms with Crippen molar-refractivity contribution in [3.8, 4) is 0 Å². The SMILES string of the molecule is COCC[N+]1=C(C)C(C)(CCCS(=O)(=O)O)c2cc(S(=O)(=O)[O-])ccc21. The monoisotopic (exact) mass is 405 g/mol. The molecule has 0 aromatic heterocycles. The first-order valence-electron chi connectivity index (χ1n) is 8.06. The minimum absolute atomic E-state index is 0.193. The van der Waals surface area contributed by atoms with Crippen LogP contribution in [-0.2, 0) is 30.4 Å². The molecular formula is C16H23NO7S2. The number of ether oxygens (including phenoxy) is 1. The number of methoxy groups -OCH3 is 1. The van der Waals surface area contributed by atoms with Gasteiger partial charge < -0.3 is 9.29 Å². The summed E-state index contributed by atoms with van der Waals surface area (Å²) >= 11 is 0. The lowest BCUT2D eigenvalue weighted by Gasteiger charge is -2.22. The highest BCUT2D eigenvalue weighted by atomic mass is 32.2. The van der Waals surface area contributed by atoms with Crippen LogP contribution >= 0.6 is 0 Å². The molecule has 1 heterocycles. The van der Waals surface area contributed by atoms with E-state index in [2.05, 4.69) is 0 Å². The zero-order valence-corrected chi connectivity index (χ0v) is 16.6. The van der Waals surface area contributed by atoms with Crippen LogP contribution in [0, 0.1) is 0 Å². The number of nitrogens with zero attached hydrogens (tertiary/aromatic N) is 1. The number of rotatable bonds is 8. The van der Waals surface area contributed by atoms with Crippen molar-refractivity contribution in [1.82, 2.24) is 0 Å². The molecule has 1 aromatic rings. The van der Waals surface area contributed by atoms with E-state index in [0.717, 1.165) is 11.4 Å². The summed E-state index contributed by atoms with van der Waals surface area (Å²) in [4.78, 5) is -0.321. The zero-order valence-electron chi connectivity index (χ0n) is 14.9. The van der Waals surface area contributed by atoms with Gasteiger partial charge in [0.15, 0.2) is 12.3 Å². The second-order valence-electron chi connectivity index (χ2n) is 6.58. The van der Waals surface area contributed by atoms with Crippen molar-refractivity contribution in [3.05, 3.63) is 23.8 Å². The Kier molecular flexibility index (Phi) is 5.93. The molecule has 2 rings (SSSR count). The maximum atomic E-state index is 11.4. The van der Waals surface area contributed by atoms with E-state index in [4.69, 9.17) is 9.29 Å². The molecule has 0 bridgehead atoms. The van der Waals surface area contributed by atoms with Gasteiger partial charge in [0.25, 0.3) is 10.1 Å². The summed E-state index contributed by atoms with van der Waals surface area (Å²) in [5.74, 6) is -0.386. The third kappa shape index (κ3) is 4.32. The molecule has 26 heavy (non-hydrogen) atoms. The highest BCUT2D eigenvalue weighted by molar-refractivity contribution is 7.86. The van der Waals surface area contributed by atoms with E-state index >= 15 is 0 Å². The molecular weight excluding hydrogens is 382 g/mol. The van der Waals surface area contributed by atoms with Crippen LogP contribution in [0.5, 0.6) is 0 Å². The van der Waals surface area contributed by atoms with Crippen LogP contribution in [0.1, 0.15) is 32.3 Å². The Bertz CT molecular complexity index is 935. The van der Waals surface area contributed by atoms with Gasteiger partial charge in [-0.25, -0.2) is 8.42 Å². The maximum absolute atomic E-state index is 11.4. The summed E-state index contributed by atoms with van der Waals surface area (Å²) in [6.07, 6.45) is 0.566. The van der Waals surface area contributed by atoms with Crippen molar-refractivity contribution < 1.29 is 35.3 Å². The fraction of sp³-hybridized carbons (Fsp3) is 0.562. The predicted molar refractivity (Wildman–Crippen MR) is 94.8 cm³/mol. The first-order chi connectivity index (χ1) is 11.9. The summed E-state index contributed by atoms with van der Waals surface area (Å²) in [6, 6.07) is 4.23. The van der Waals surface area contributed by atoms with E-state index in [1.165, 1.54) is 12.1 Å². The smallest absolute Gasteiger partial charge is 0.264 e. The third-order valence-electron chi connectivity index (χ3n) is 4.94. The Labute approximate surface area is 154 Å². The van der Waals surface area contributed by atoms with Crippen LogP contribution in [0.4, 0.5) is 5.69 Å². The average Bonchev–Trinajstić information content (AvgIpc) is 2.72. The summed E-state index contributed by atoms with van der Waals surface area (Å²) < 4.78 is 72.4. The summed E-state index contributed by atoms with van der Waals surface area (Å²) in [6.45, 7) is 4.74. The van der Waals surface area contributed by atoms with Gasteiger partial charge in [-0.2, -0.15) is 13.0 Å².